The number of nitrogens with one attached hydrogen (secondary N) is 2. The number of aliphatic hydroxyl groups excluding tert-OH is 1. The Morgan fingerprint density at radius 2 is 1.13 bits per heavy atom. The van der Waals surface area contributed by atoms with Gasteiger partial charge in [-0.25, -0.2) is 9.59 Å². The van der Waals surface area contributed by atoms with Gasteiger partial charge in [-0.15, -0.1) is 0 Å². The maximum atomic E-state index is 12.0. The van der Waals surface area contributed by atoms with Crippen molar-refractivity contribution >= 4 is 56.5 Å². The van der Waals surface area contributed by atoms with Crippen LogP contribution in [0.2, 0.25) is 0 Å². The monoisotopic (exact) mass is 732 g/mol. The number of phenolic OH excluding ortho intramolecular Hbond substituents is 2. The van der Waals surface area contributed by atoms with Crippen LogP contribution in [0.5, 0.6) is 11.5 Å². The number of fused-ring (bicyclic) bond motifs is 2. The van der Waals surface area contributed by atoms with Crippen molar-refractivity contribution in [3.8, 4) is 11.5 Å². The number of hydrogen-bond donors (Lipinski definition) is 8. The van der Waals surface area contributed by atoms with Gasteiger partial charge in [0.25, 0.3) is 0 Å². The van der Waals surface area contributed by atoms with Gasteiger partial charge in [0, 0.05) is 64.7 Å². The van der Waals surface area contributed by atoms with E-state index in [1.54, 1.807) is 86.9 Å². The summed E-state index contributed by atoms with van der Waals surface area (Å²) in [6.45, 7) is 7.92. The van der Waals surface area contributed by atoms with E-state index in [9.17, 15) is 19.8 Å². The maximum Gasteiger partial charge on any atom is 1.00 e. The number of carbonyl (C=O) groups is 2. The van der Waals surface area contributed by atoms with Crippen LogP contribution in [0.1, 0.15) is 45.7 Å². The average molecular weight is 733 g/mol. The van der Waals surface area contributed by atoms with Gasteiger partial charge in [-0.2, -0.15) is 0 Å². The van der Waals surface area contributed by atoms with Crippen LogP contribution in [0.4, 0.5) is 22.7 Å². The molecular formula is C38H41N6NaO8. The Kier molecular flexibility index (Phi) is 18.1. The fourth-order valence-corrected chi connectivity index (χ4v) is 4.76. The molecule has 0 aliphatic heterocycles. The molecule has 0 saturated heterocycles. The SMILES string of the molecule is CCO.CCOC(=O)c1ccc2nccc(Nc3cc(O)ccc3C)c2c1.Cc1ccc(O)cc1Nc1ccnc2ccc(C(=O)O)cc12.N[N-]O.[Na+]. The molecule has 2 heterocycles. The first-order chi connectivity index (χ1) is 24.9. The molecule has 0 fully saturated rings. The van der Waals surface area contributed by atoms with Crippen LogP contribution in [-0.2, 0) is 4.74 Å². The summed E-state index contributed by atoms with van der Waals surface area (Å²) in [5.41, 5.74) is 9.22. The number of rotatable bonds is 7. The molecule has 0 amide bonds. The Labute approximate surface area is 328 Å². The predicted molar refractivity (Wildman–Crippen MR) is 201 cm³/mol. The molecule has 4 aromatic carbocycles. The molecule has 0 radical (unpaired) electrons. The number of ether oxygens (including phenoxy) is 1. The van der Waals surface area contributed by atoms with Crippen LogP contribution >= 0.6 is 0 Å². The van der Waals surface area contributed by atoms with Crippen molar-refractivity contribution < 1.29 is 69.5 Å². The summed E-state index contributed by atoms with van der Waals surface area (Å²) in [6.07, 6.45) is 3.36. The summed E-state index contributed by atoms with van der Waals surface area (Å²) in [4.78, 5) is 31.7. The Bertz CT molecular complexity index is 2130. The number of carboxylic acids is 1. The van der Waals surface area contributed by atoms with E-state index < -0.39 is 5.97 Å². The zero-order valence-electron chi connectivity index (χ0n) is 30.0. The summed E-state index contributed by atoms with van der Waals surface area (Å²) < 4.78 is 5.06. The van der Waals surface area contributed by atoms with Crippen LogP contribution in [0.3, 0.4) is 0 Å². The third-order valence-electron chi connectivity index (χ3n) is 7.22. The number of carboxylic acid groups (broad SMARTS) is 1. The minimum atomic E-state index is -0.981. The van der Waals surface area contributed by atoms with Crippen molar-refractivity contribution in [3.05, 3.63) is 125 Å². The van der Waals surface area contributed by atoms with E-state index in [2.05, 4.69) is 26.4 Å². The number of aliphatic hydroxyl groups is 1. The minimum absolute atomic E-state index is 0. The largest absolute Gasteiger partial charge is 1.00 e. The average Bonchev–Trinajstić information content (AvgIpc) is 3.12. The number of anilines is 4. The number of carbonyl (C=O) groups excluding carboxylic acids is 1. The van der Waals surface area contributed by atoms with E-state index in [4.69, 9.17) is 20.2 Å². The first kappa shape index (κ1) is 43.8. The molecule has 6 rings (SSSR count). The van der Waals surface area contributed by atoms with E-state index in [0.717, 1.165) is 44.8 Å². The third-order valence-corrected chi connectivity index (χ3v) is 7.22. The summed E-state index contributed by atoms with van der Waals surface area (Å²) in [6, 6.07) is 23.9. The van der Waals surface area contributed by atoms with Crippen LogP contribution in [0.15, 0.2) is 97.3 Å². The number of esters is 1. The van der Waals surface area contributed by atoms with Crippen LogP contribution < -0.4 is 46.0 Å². The predicted octanol–water partition coefficient (Wildman–Crippen LogP) is 4.49. The molecule has 9 N–H and O–H groups in total. The van der Waals surface area contributed by atoms with Crippen molar-refractivity contribution in [2.75, 3.05) is 23.8 Å². The van der Waals surface area contributed by atoms with Crippen molar-refractivity contribution in [1.29, 1.82) is 0 Å². The summed E-state index contributed by atoms with van der Waals surface area (Å²) in [5, 5.41) is 51.0. The van der Waals surface area contributed by atoms with E-state index in [1.165, 1.54) is 6.07 Å². The quantitative estimate of drug-likeness (QED) is 0.0490. The van der Waals surface area contributed by atoms with Gasteiger partial charge in [0.05, 0.1) is 28.8 Å². The number of hydrogen-bond acceptors (Lipinski definition) is 12. The van der Waals surface area contributed by atoms with Gasteiger partial charge >= 0.3 is 41.5 Å². The molecule has 0 saturated carbocycles. The van der Waals surface area contributed by atoms with Gasteiger partial charge in [0.1, 0.15) is 11.5 Å². The Balaban J connectivity index is 0.000000315. The minimum Gasteiger partial charge on any atom is -0.508 e. The molecule has 0 aliphatic carbocycles. The second-order valence-corrected chi connectivity index (χ2v) is 10.9. The smallest absolute Gasteiger partial charge is 0.508 e. The number of aromatic hydroxyl groups is 2. The fourth-order valence-electron chi connectivity index (χ4n) is 4.76. The Morgan fingerprint density at radius 1 is 0.717 bits per heavy atom. The number of aryl methyl sites for hydroxylation is 2. The van der Waals surface area contributed by atoms with Gasteiger partial charge in [-0.3, -0.25) is 9.97 Å². The molecule has 0 aliphatic rings. The fraction of sp³-hybridized carbons (Fsp3) is 0.158. The van der Waals surface area contributed by atoms with Crippen molar-refractivity contribution in [3.63, 3.8) is 0 Å². The normalized spacial score (nSPS) is 9.87. The summed E-state index contributed by atoms with van der Waals surface area (Å²) in [7, 11) is 0. The van der Waals surface area contributed by atoms with Crippen LogP contribution in [0.25, 0.3) is 27.4 Å². The van der Waals surface area contributed by atoms with Gasteiger partial charge < -0.3 is 52.4 Å². The molecule has 53 heavy (non-hydrogen) atoms. The van der Waals surface area contributed by atoms with Crippen molar-refractivity contribution in [1.82, 2.24) is 9.97 Å². The third kappa shape index (κ3) is 12.7. The molecular weight excluding hydrogens is 691 g/mol. The molecule has 0 spiro atoms. The molecule has 0 unspecified atom stereocenters. The van der Waals surface area contributed by atoms with Gasteiger partial charge in [0.15, 0.2) is 0 Å². The van der Waals surface area contributed by atoms with E-state index in [1.807, 2.05) is 37.6 Å². The van der Waals surface area contributed by atoms with Gasteiger partial charge in [0.2, 0.25) is 0 Å². The summed E-state index contributed by atoms with van der Waals surface area (Å²) in [5.74, 6) is 3.04. The molecule has 15 heteroatoms. The first-order valence-electron chi connectivity index (χ1n) is 15.9. The number of aromatic nitrogens is 2. The van der Waals surface area contributed by atoms with Gasteiger partial charge in [-0.1, -0.05) is 12.1 Å². The maximum absolute atomic E-state index is 12.0. The van der Waals surface area contributed by atoms with E-state index in [-0.39, 0.29) is 59.2 Å². The molecule has 0 atom stereocenters. The topological polar surface area (TPSA) is 234 Å². The zero-order valence-corrected chi connectivity index (χ0v) is 32.0. The Hall–Kier alpha value is -5.32. The molecule has 272 valence electrons. The van der Waals surface area contributed by atoms with Crippen molar-refractivity contribution in [2.45, 2.75) is 27.7 Å². The summed E-state index contributed by atoms with van der Waals surface area (Å²) >= 11 is 0. The van der Waals surface area contributed by atoms with E-state index in [0.29, 0.717) is 23.1 Å². The zero-order chi connectivity index (χ0) is 38.2. The van der Waals surface area contributed by atoms with Gasteiger partial charge in [-0.05, 0) is 99.5 Å². The molecule has 14 nitrogen and oxygen atoms in total. The van der Waals surface area contributed by atoms with Crippen molar-refractivity contribution in [2.24, 2.45) is 5.84 Å². The number of pyridine rings is 2. The first-order valence-corrected chi connectivity index (χ1v) is 15.9. The number of phenols is 2. The molecule has 2 aromatic heterocycles. The number of benzene rings is 4. The van der Waals surface area contributed by atoms with Crippen LogP contribution in [0, 0.1) is 13.8 Å². The number of nitrogens with zero attached hydrogens (tertiary/aromatic N) is 3. The van der Waals surface area contributed by atoms with E-state index >= 15 is 0 Å². The second kappa shape index (κ2) is 21.9. The second-order valence-electron chi connectivity index (χ2n) is 10.9. The molecule has 6 aromatic rings. The Morgan fingerprint density at radius 3 is 1.55 bits per heavy atom. The standard InChI is InChI=1S/C19H18N2O3.C17H14N2O3.C2H6O.H3N2O.Na/c1-3-24-19(23)13-5-7-16-15(10-13)17(8-9-20-16)21-18-11-14(22)6-4-12(18)2;1-10-2-4-12(20)9-16(10)19-15-6-7-18-14-5-3-11(17(21)22)8-13(14)15;2*1-2-3;/h4-11,22H,3H2,1-2H3,(H,20,21);2-9,20H,1H3,(H,18,19)(H,21,22);3H,2H2,1H3;3H,1H2;/q;;;-1;+1. The number of nitrogens with two attached hydrogens (primary N) is 1. The molecule has 0 bridgehead atoms. The van der Waals surface area contributed by atoms with Crippen LogP contribution in [-0.4, -0.2) is 60.8 Å². The number of aromatic carboxylic acids is 1.